The van der Waals surface area contributed by atoms with Gasteiger partial charge < -0.3 is 15.0 Å². The molecule has 1 aliphatic rings. The quantitative estimate of drug-likeness (QED) is 0.939. The van der Waals surface area contributed by atoms with Crippen LogP contribution in [0.25, 0.3) is 5.69 Å². The number of carbonyl (C=O) groups excluding carboxylic acids is 1. The molecule has 2 heterocycles. The molecular weight excluding hydrogens is 304 g/mol. The summed E-state index contributed by atoms with van der Waals surface area (Å²) in [5.41, 5.74) is 2.01. The monoisotopic (exact) mass is 328 g/mol. The number of carbonyl (C=O) groups is 1. The van der Waals surface area contributed by atoms with Gasteiger partial charge in [0.15, 0.2) is 0 Å². The SMILES string of the molecule is CCC1COCCN1C(=O)NC(C)c1ccccc1-n1cccn1. The van der Waals surface area contributed by atoms with Crippen molar-refractivity contribution < 1.29 is 9.53 Å². The third-order valence-corrected chi connectivity index (χ3v) is 4.45. The normalized spacial score (nSPS) is 19.1. The van der Waals surface area contributed by atoms with Crippen LogP contribution in [0.5, 0.6) is 0 Å². The Balaban J connectivity index is 1.75. The number of nitrogens with one attached hydrogen (secondary N) is 1. The lowest BCUT2D eigenvalue weighted by molar-refractivity contribution is 0.0108. The maximum atomic E-state index is 12.7. The number of urea groups is 1. The number of amides is 2. The average Bonchev–Trinajstić information content (AvgIpc) is 3.16. The minimum atomic E-state index is -0.113. The Bertz CT molecular complexity index is 671. The van der Waals surface area contributed by atoms with Crippen molar-refractivity contribution in [3.8, 4) is 5.69 Å². The molecule has 2 aromatic rings. The van der Waals surface area contributed by atoms with Crippen LogP contribution >= 0.6 is 0 Å². The number of hydrogen-bond acceptors (Lipinski definition) is 3. The van der Waals surface area contributed by atoms with Gasteiger partial charge in [-0.05, 0) is 31.0 Å². The van der Waals surface area contributed by atoms with E-state index in [2.05, 4.69) is 17.3 Å². The van der Waals surface area contributed by atoms with Crippen LogP contribution in [-0.2, 0) is 4.74 Å². The Morgan fingerprint density at radius 1 is 1.42 bits per heavy atom. The predicted molar refractivity (Wildman–Crippen MR) is 92.1 cm³/mol. The zero-order chi connectivity index (χ0) is 16.9. The topological polar surface area (TPSA) is 59.4 Å². The fourth-order valence-corrected chi connectivity index (χ4v) is 3.08. The molecule has 0 spiro atoms. The maximum absolute atomic E-state index is 12.7. The fraction of sp³-hybridized carbons (Fsp3) is 0.444. The molecule has 3 rings (SSSR count). The van der Waals surface area contributed by atoms with Crippen LogP contribution in [0.1, 0.15) is 31.9 Å². The minimum absolute atomic E-state index is 0.0343. The van der Waals surface area contributed by atoms with Crippen LogP contribution in [-0.4, -0.2) is 46.5 Å². The molecule has 1 N–H and O–H groups in total. The molecule has 6 heteroatoms. The van der Waals surface area contributed by atoms with Crippen molar-refractivity contribution >= 4 is 6.03 Å². The molecule has 24 heavy (non-hydrogen) atoms. The first kappa shape index (κ1) is 16.5. The number of para-hydroxylation sites is 1. The molecule has 2 atom stereocenters. The van der Waals surface area contributed by atoms with E-state index in [9.17, 15) is 4.79 Å². The number of morpholine rings is 1. The van der Waals surface area contributed by atoms with E-state index in [0.717, 1.165) is 17.7 Å². The summed E-state index contributed by atoms with van der Waals surface area (Å²) < 4.78 is 7.30. The summed E-state index contributed by atoms with van der Waals surface area (Å²) in [6, 6.07) is 9.88. The third kappa shape index (κ3) is 3.43. The Morgan fingerprint density at radius 3 is 3.00 bits per heavy atom. The molecule has 1 aromatic carbocycles. The molecule has 1 fully saturated rings. The standard InChI is InChI=1S/C18H24N4O2/c1-3-15-13-24-12-11-21(15)18(23)20-14(2)16-7-4-5-8-17(16)22-10-6-9-19-22/h4-10,14-15H,3,11-13H2,1-2H3,(H,20,23). The Labute approximate surface area is 142 Å². The molecule has 128 valence electrons. The minimum Gasteiger partial charge on any atom is -0.377 e. The van der Waals surface area contributed by atoms with Gasteiger partial charge in [-0.1, -0.05) is 25.1 Å². The molecule has 2 amide bonds. The van der Waals surface area contributed by atoms with Crippen LogP contribution in [0.4, 0.5) is 4.79 Å². The van der Waals surface area contributed by atoms with Gasteiger partial charge in [0.05, 0.1) is 31.0 Å². The molecule has 0 aliphatic carbocycles. The largest absolute Gasteiger partial charge is 0.377 e. The van der Waals surface area contributed by atoms with E-state index in [1.807, 2.05) is 53.0 Å². The number of nitrogens with zero attached hydrogens (tertiary/aromatic N) is 3. The number of aromatic nitrogens is 2. The van der Waals surface area contributed by atoms with Crippen molar-refractivity contribution in [1.82, 2.24) is 20.0 Å². The van der Waals surface area contributed by atoms with E-state index in [1.54, 1.807) is 6.20 Å². The van der Waals surface area contributed by atoms with Gasteiger partial charge in [-0.15, -0.1) is 0 Å². The van der Waals surface area contributed by atoms with Gasteiger partial charge in [0.25, 0.3) is 0 Å². The lowest BCUT2D eigenvalue weighted by Crippen LogP contribution is -2.52. The summed E-state index contributed by atoms with van der Waals surface area (Å²) in [5, 5.41) is 7.42. The molecule has 1 aliphatic heterocycles. The molecule has 1 aromatic heterocycles. The van der Waals surface area contributed by atoms with Gasteiger partial charge in [0.2, 0.25) is 0 Å². The van der Waals surface area contributed by atoms with Gasteiger partial charge in [-0.3, -0.25) is 0 Å². The Kier molecular flexibility index (Phi) is 5.15. The first-order chi connectivity index (χ1) is 11.7. The van der Waals surface area contributed by atoms with Crippen molar-refractivity contribution in [3.63, 3.8) is 0 Å². The summed E-state index contributed by atoms with van der Waals surface area (Å²) in [5.74, 6) is 0. The fourth-order valence-electron chi connectivity index (χ4n) is 3.08. The molecular formula is C18H24N4O2. The van der Waals surface area contributed by atoms with Crippen molar-refractivity contribution in [2.45, 2.75) is 32.4 Å². The Hall–Kier alpha value is -2.34. The molecule has 2 unspecified atom stereocenters. The number of hydrogen-bond donors (Lipinski definition) is 1. The van der Waals surface area contributed by atoms with Crippen molar-refractivity contribution in [2.75, 3.05) is 19.8 Å². The molecule has 0 saturated carbocycles. The van der Waals surface area contributed by atoms with Gasteiger partial charge >= 0.3 is 6.03 Å². The van der Waals surface area contributed by atoms with E-state index in [1.165, 1.54) is 0 Å². The van der Waals surface area contributed by atoms with E-state index in [4.69, 9.17) is 4.74 Å². The van der Waals surface area contributed by atoms with E-state index in [-0.39, 0.29) is 18.1 Å². The van der Waals surface area contributed by atoms with E-state index in [0.29, 0.717) is 19.8 Å². The van der Waals surface area contributed by atoms with Gasteiger partial charge in [-0.25, -0.2) is 9.48 Å². The zero-order valence-corrected chi connectivity index (χ0v) is 14.2. The summed E-state index contributed by atoms with van der Waals surface area (Å²) in [4.78, 5) is 14.6. The first-order valence-corrected chi connectivity index (χ1v) is 8.44. The highest BCUT2D eigenvalue weighted by Crippen LogP contribution is 2.21. The number of rotatable bonds is 4. The summed E-state index contributed by atoms with van der Waals surface area (Å²) in [6.07, 6.45) is 4.55. The smallest absolute Gasteiger partial charge is 0.318 e. The van der Waals surface area contributed by atoms with Gasteiger partial charge in [0.1, 0.15) is 0 Å². The van der Waals surface area contributed by atoms with E-state index >= 15 is 0 Å². The second-order valence-corrected chi connectivity index (χ2v) is 6.01. The van der Waals surface area contributed by atoms with Crippen LogP contribution < -0.4 is 5.32 Å². The highest BCUT2D eigenvalue weighted by molar-refractivity contribution is 5.75. The zero-order valence-electron chi connectivity index (χ0n) is 14.2. The van der Waals surface area contributed by atoms with Gasteiger partial charge in [-0.2, -0.15) is 5.10 Å². The maximum Gasteiger partial charge on any atom is 0.318 e. The highest BCUT2D eigenvalue weighted by atomic mass is 16.5. The van der Waals surface area contributed by atoms with Crippen LogP contribution in [0.2, 0.25) is 0 Å². The van der Waals surface area contributed by atoms with Crippen LogP contribution in [0, 0.1) is 0 Å². The molecule has 0 bridgehead atoms. The second-order valence-electron chi connectivity index (χ2n) is 6.01. The number of benzene rings is 1. The first-order valence-electron chi connectivity index (χ1n) is 8.44. The number of ether oxygens (including phenoxy) is 1. The van der Waals surface area contributed by atoms with Crippen molar-refractivity contribution in [1.29, 1.82) is 0 Å². The molecule has 6 nitrogen and oxygen atoms in total. The summed E-state index contributed by atoms with van der Waals surface area (Å²) in [6.45, 7) is 5.93. The lowest BCUT2D eigenvalue weighted by atomic mass is 10.1. The third-order valence-electron chi connectivity index (χ3n) is 4.45. The second kappa shape index (κ2) is 7.49. The predicted octanol–water partition coefficient (Wildman–Crippen LogP) is 2.75. The van der Waals surface area contributed by atoms with Crippen LogP contribution in [0.3, 0.4) is 0 Å². The van der Waals surface area contributed by atoms with Crippen molar-refractivity contribution in [3.05, 3.63) is 48.3 Å². The van der Waals surface area contributed by atoms with E-state index < -0.39 is 0 Å². The molecule has 0 radical (unpaired) electrons. The lowest BCUT2D eigenvalue weighted by Gasteiger charge is -2.36. The molecule has 1 saturated heterocycles. The van der Waals surface area contributed by atoms with Gasteiger partial charge in [0, 0.05) is 18.9 Å². The summed E-state index contributed by atoms with van der Waals surface area (Å²) in [7, 11) is 0. The Morgan fingerprint density at radius 2 is 2.25 bits per heavy atom. The van der Waals surface area contributed by atoms with Crippen molar-refractivity contribution in [2.24, 2.45) is 0 Å². The van der Waals surface area contributed by atoms with Crippen LogP contribution in [0.15, 0.2) is 42.7 Å². The highest BCUT2D eigenvalue weighted by Gasteiger charge is 2.27. The average molecular weight is 328 g/mol. The summed E-state index contributed by atoms with van der Waals surface area (Å²) >= 11 is 0.